The summed E-state index contributed by atoms with van der Waals surface area (Å²) in [6.45, 7) is 4.62. The number of rotatable bonds is 8. The number of carbonyl (C=O) groups excluding carboxylic acids is 3. The van der Waals surface area contributed by atoms with Crippen molar-refractivity contribution in [2.45, 2.75) is 39.7 Å². The highest BCUT2D eigenvalue weighted by Gasteiger charge is 2.21. The molecular formula is C12H20N2O5. The molecule has 2 amide bonds. The van der Waals surface area contributed by atoms with Gasteiger partial charge in [-0.3, -0.25) is 14.4 Å². The minimum Gasteiger partial charge on any atom is -0.480 e. The molecule has 3 N–H and O–H groups in total. The summed E-state index contributed by atoms with van der Waals surface area (Å²) in [6, 6.07) is -0.975. The first-order valence-corrected chi connectivity index (χ1v) is 6.00. The van der Waals surface area contributed by atoms with E-state index in [0.29, 0.717) is 6.42 Å². The second-order valence-corrected chi connectivity index (χ2v) is 4.74. The van der Waals surface area contributed by atoms with Crippen LogP contribution in [-0.4, -0.2) is 41.3 Å². The van der Waals surface area contributed by atoms with Gasteiger partial charge in [-0.2, -0.15) is 0 Å². The van der Waals surface area contributed by atoms with Gasteiger partial charge in [0.05, 0.1) is 13.0 Å². The molecule has 0 bridgehead atoms. The lowest BCUT2D eigenvalue weighted by molar-refractivity contribution is -0.142. The molecule has 7 heteroatoms. The molecule has 0 aromatic rings. The molecule has 0 aliphatic rings. The van der Waals surface area contributed by atoms with E-state index in [2.05, 4.69) is 10.6 Å². The van der Waals surface area contributed by atoms with Gasteiger partial charge in [0.2, 0.25) is 11.8 Å². The number of ketones is 1. The average molecular weight is 272 g/mol. The van der Waals surface area contributed by atoms with Crippen LogP contribution in [0.1, 0.15) is 33.6 Å². The third-order valence-corrected chi connectivity index (χ3v) is 2.20. The van der Waals surface area contributed by atoms with Gasteiger partial charge < -0.3 is 15.7 Å². The summed E-state index contributed by atoms with van der Waals surface area (Å²) < 4.78 is 0. The van der Waals surface area contributed by atoms with Crippen LogP contribution >= 0.6 is 0 Å². The Balaban J connectivity index is 4.17. The molecule has 0 radical (unpaired) electrons. The lowest BCUT2D eigenvalue weighted by atomic mass is 10.0. The summed E-state index contributed by atoms with van der Waals surface area (Å²) in [6.07, 6.45) is 0.0180. The Bertz CT molecular complexity index is 365. The summed E-state index contributed by atoms with van der Waals surface area (Å²) in [5, 5.41) is 13.5. The van der Waals surface area contributed by atoms with Crippen LogP contribution in [0.2, 0.25) is 0 Å². The van der Waals surface area contributed by atoms with Crippen LogP contribution in [0.15, 0.2) is 0 Å². The highest BCUT2D eigenvalue weighted by Crippen LogP contribution is 2.04. The molecule has 0 aliphatic heterocycles. The van der Waals surface area contributed by atoms with Gasteiger partial charge in [0.25, 0.3) is 0 Å². The van der Waals surface area contributed by atoms with Crippen molar-refractivity contribution in [3.8, 4) is 0 Å². The predicted octanol–water partition coefficient (Wildman–Crippen LogP) is -0.303. The molecule has 0 heterocycles. The van der Waals surface area contributed by atoms with Crippen LogP contribution in [0.4, 0.5) is 0 Å². The molecular weight excluding hydrogens is 252 g/mol. The molecule has 0 spiro atoms. The van der Waals surface area contributed by atoms with Gasteiger partial charge in [-0.25, -0.2) is 4.79 Å². The molecule has 0 aromatic heterocycles. The van der Waals surface area contributed by atoms with E-state index in [4.69, 9.17) is 5.11 Å². The van der Waals surface area contributed by atoms with Gasteiger partial charge in [0, 0.05) is 0 Å². The Morgan fingerprint density at radius 3 is 2.11 bits per heavy atom. The van der Waals surface area contributed by atoms with Gasteiger partial charge in [-0.05, 0) is 19.3 Å². The number of Topliss-reactive ketones (excluding diaryl/α,β-unsaturated/α-hetero) is 1. The summed E-state index contributed by atoms with van der Waals surface area (Å²) in [5.74, 6) is -2.45. The van der Waals surface area contributed by atoms with E-state index < -0.39 is 23.8 Å². The molecule has 0 saturated heterocycles. The first-order chi connectivity index (χ1) is 8.72. The third kappa shape index (κ3) is 8.76. The fourth-order valence-electron chi connectivity index (χ4n) is 1.41. The molecule has 1 unspecified atom stereocenters. The van der Waals surface area contributed by atoms with Crippen molar-refractivity contribution in [3.63, 3.8) is 0 Å². The highest BCUT2D eigenvalue weighted by atomic mass is 16.4. The fourth-order valence-corrected chi connectivity index (χ4v) is 1.41. The predicted molar refractivity (Wildman–Crippen MR) is 67.3 cm³/mol. The number of hydrogen-bond donors (Lipinski definition) is 3. The number of carboxylic acids is 1. The number of hydrogen-bond acceptors (Lipinski definition) is 4. The Morgan fingerprint density at radius 2 is 1.68 bits per heavy atom. The van der Waals surface area contributed by atoms with Crippen molar-refractivity contribution in [1.82, 2.24) is 10.6 Å². The minimum absolute atomic E-state index is 0.119. The lowest BCUT2D eigenvalue weighted by Gasteiger charge is -2.16. The third-order valence-electron chi connectivity index (χ3n) is 2.20. The van der Waals surface area contributed by atoms with E-state index >= 15 is 0 Å². The average Bonchev–Trinajstić information content (AvgIpc) is 2.23. The fraction of sp³-hybridized carbons (Fsp3) is 0.667. The largest absolute Gasteiger partial charge is 0.480 e. The molecule has 108 valence electrons. The SMILES string of the molecule is CC(=O)CC(=O)NCC(=O)NC(CC(C)C)C(=O)O. The van der Waals surface area contributed by atoms with Crippen molar-refractivity contribution in [2.75, 3.05) is 6.54 Å². The van der Waals surface area contributed by atoms with E-state index in [1.165, 1.54) is 6.92 Å². The summed E-state index contributed by atoms with van der Waals surface area (Å²) in [7, 11) is 0. The standard InChI is InChI=1S/C12H20N2O5/c1-7(2)4-9(12(18)19)14-11(17)6-13-10(16)5-8(3)15/h7,9H,4-6H2,1-3H3,(H,13,16)(H,14,17)(H,18,19). The van der Waals surface area contributed by atoms with Gasteiger partial charge in [-0.1, -0.05) is 13.8 Å². The summed E-state index contributed by atoms with van der Waals surface area (Å²) in [5.41, 5.74) is 0. The zero-order chi connectivity index (χ0) is 15.0. The number of nitrogens with one attached hydrogen (secondary N) is 2. The van der Waals surface area contributed by atoms with E-state index in [9.17, 15) is 19.2 Å². The molecule has 1 atom stereocenters. The maximum Gasteiger partial charge on any atom is 0.326 e. The molecule has 0 rings (SSSR count). The number of aliphatic carboxylic acids is 1. The van der Waals surface area contributed by atoms with Crippen LogP contribution in [0.25, 0.3) is 0 Å². The lowest BCUT2D eigenvalue weighted by Crippen LogP contribution is -2.46. The Hall–Kier alpha value is -1.92. The van der Waals surface area contributed by atoms with E-state index in [0.717, 1.165) is 0 Å². The van der Waals surface area contributed by atoms with Crippen LogP contribution in [0.5, 0.6) is 0 Å². The second kappa shape index (κ2) is 8.23. The maximum atomic E-state index is 11.5. The van der Waals surface area contributed by atoms with E-state index in [1.54, 1.807) is 0 Å². The molecule has 0 aromatic carbocycles. The molecule has 0 saturated carbocycles. The normalized spacial score (nSPS) is 11.8. The summed E-state index contributed by atoms with van der Waals surface area (Å²) in [4.78, 5) is 44.1. The molecule has 0 aliphatic carbocycles. The van der Waals surface area contributed by atoms with Crippen LogP contribution in [-0.2, 0) is 19.2 Å². The smallest absolute Gasteiger partial charge is 0.326 e. The van der Waals surface area contributed by atoms with Crippen molar-refractivity contribution in [3.05, 3.63) is 0 Å². The molecule has 19 heavy (non-hydrogen) atoms. The summed E-state index contributed by atoms with van der Waals surface area (Å²) >= 11 is 0. The van der Waals surface area contributed by atoms with Crippen LogP contribution in [0, 0.1) is 5.92 Å². The monoisotopic (exact) mass is 272 g/mol. The Kier molecular flexibility index (Phi) is 7.40. The first-order valence-electron chi connectivity index (χ1n) is 6.00. The molecule has 7 nitrogen and oxygen atoms in total. The second-order valence-electron chi connectivity index (χ2n) is 4.74. The topological polar surface area (TPSA) is 113 Å². The van der Waals surface area contributed by atoms with E-state index in [-0.39, 0.29) is 24.7 Å². The number of amides is 2. The first kappa shape index (κ1) is 17.1. The van der Waals surface area contributed by atoms with Crippen LogP contribution < -0.4 is 10.6 Å². The van der Waals surface area contributed by atoms with E-state index in [1.807, 2.05) is 13.8 Å². The maximum absolute atomic E-state index is 11.5. The number of carboxylic acid groups (broad SMARTS) is 1. The zero-order valence-electron chi connectivity index (χ0n) is 11.4. The van der Waals surface area contributed by atoms with Crippen molar-refractivity contribution in [1.29, 1.82) is 0 Å². The Morgan fingerprint density at radius 1 is 1.11 bits per heavy atom. The van der Waals surface area contributed by atoms with Gasteiger partial charge in [0.15, 0.2) is 0 Å². The molecule has 0 fully saturated rings. The number of carbonyl (C=O) groups is 4. The quantitative estimate of drug-likeness (QED) is 0.525. The minimum atomic E-state index is -1.11. The Labute approximate surface area is 111 Å². The van der Waals surface area contributed by atoms with Gasteiger partial charge in [-0.15, -0.1) is 0 Å². The highest BCUT2D eigenvalue weighted by molar-refractivity contribution is 5.98. The van der Waals surface area contributed by atoms with Crippen LogP contribution in [0.3, 0.4) is 0 Å². The van der Waals surface area contributed by atoms with Crippen molar-refractivity contribution >= 4 is 23.6 Å². The van der Waals surface area contributed by atoms with Gasteiger partial charge in [0.1, 0.15) is 11.8 Å². The van der Waals surface area contributed by atoms with Gasteiger partial charge >= 0.3 is 5.97 Å². The zero-order valence-corrected chi connectivity index (χ0v) is 11.4. The van der Waals surface area contributed by atoms with Crippen molar-refractivity contribution < 1.29 is 24.3 Å². The van der Waals surface area contributed by atoms with Crippen molar-refractivity contribution in [2.24, 2.45) is 5.92 Å².